The molecule has 1 aromatic heterocycles. The summed E-state index contributed by atoms with van der Waals surface area (Å²) in [5.41, 5.74) is 5.69. The Hall–Kier alpha value is -2.18. The zero-order valence-electron chi connectivity index (χ0n) is 11.1. The Morgan fingerprint density at radius 2 is 2.30 bits per heavy atom. The molecule has 1 fully saturated rings. The third-order valence-electron chi connectivity index (χ3n) is 3.22. The summed E-state index contributed by atoms with van der Waals surface area (Å²) < 4.78 is 18.3. The standard InChI is InChI=1S/C13H16FN3O3/c1-20-11-4-2-3-9(16-11)6-12(18)17-7-8(14)5-10(17)13(15)19/h2-4,8,10H,5-7H2,1H3,(H2,15,19)/t8-,10+/m1/s1. The van der Waals surface area contributed by atoms with Gasteiger partial charge in [0.25, 0.3) is 0 Å². The van der Waals surface area contributed by atoms with E-state index in [-0.39, 0.29) is 25.3 Å². The van der Waals surface area contributed by atoms with E-state index in [9.17, 15) is 14.0 Å². The van der Waals surface area contributed by atoms with Crippen molar-refractivity contribution in [2.75, 3.05) is 13.7 Å². The molecule has 1 aliphatic heterocycles. The highest BCUT2D eigenvalue weighted by molar-refractivity contribution is 5.88. The van der Waals surface area contributed by atoms with Crippen molar-refractivity contribution in [1.29, 1.82) is 0 Å². The van der Waals surface area contributed by atoms with E-state index in [1.807, 2.05) is 0 Å². The maximum absolute atomic E-state index is 13.4. The quantitative estimate of drug-likeness (QED) is 0.845. The van der Waals surface area contributed by atoms with Crippen LogP contribution in [0, 0.1) is 0 Å². The van der Waals surface area contributed by atoms with E-state index in [1.165, 1.54) is 12.0 Å². The Morgan fingerprint density at radius 1 is 1.55 bits per heavy atom. The van der Waals surface area contributed by atoms with Crippen molar-refractivity contribution < 1.29 is 18.7 Å². The van der Waals surface area contributed by atoms with Gasteiger partial charge in [-0.2, -0.15) is 0 Å². The third-order valence-corrected chi connectivity index (χ3v) is 3.22. The molecule has 7 heteroatoms. The number of likely N-dealkylation sites (tertiary alicyclic amines) is 1. The molecule has 2 atom stereocenters. The van der Waals surface area contributed by atoms with Gasteiger partial charge in [-0.05, 0) is 6.07 Å². The summed E-state index contributed by atoms with van der Waals surface area (Å²) in [6.45, 7) is -0.101. The molecule has 2 N–H and O–H groups in total. The number of alkyl halides is 1. The van der Waals surface area contributed by atoms with Crippen LogP contribution in [0.25, 0.3) is 0 Å². The van der Waals surface area contributed by atoms with Gasteiger partial charge in [-0.1, -0.05) is 6.07 Å². The van der Waals surface area contributed by atoms with Gasteiger partial charge in [0.15, 0.2) is 0 Å². The van der Waals surface area contributed by atoms with Gasteiger partial charge in [0, 0.05) is 12.5 Å². The van der Waals surface area contributed by atoms with Crippen LogP contribution in [0.5, 0.6) is 5.88 Å². The van der Waals surface area contributed by atoms with Gasteiger partial charge in [0.2, 0.25) is 17.7 Å². The number of methoxy groups -OCH3 is 1. The highest BCUT2D eigenvalue weighted by Gasteiger charge is 2.38. The molecule has 0 spiro atoms. The zero-order chi connectivity index (χ0) is 14.7. The second kappa shape index (κ2) is 5.85. The first-order chi connectivity index (χ1) is 9.51. The smallest absolute Gasteiger partial charge is 0.240 e. The number of hydrogen-bond donors (Lipinski definition) is 1. The average molecular weight is 281 g/mol. The number of carbonyl (C=O) groups excluding carboxylic acids is 2. The molecule has 0 radical (unpaired) electrons. The van der Waals surface area contributed by atoms with E-state index in [1.54, 1.807) is 18.2 Å². The number of ether oxygens (including phenoxy) is 1. The Labute approximate surface area is 115 Å². The zero-order valence-corrected chi connectivity index (χ0v) is 11.1. The van der Waals surface area contributed by atoms with Gasteiger partial charge in [-0.25, -0.2) is 9.37 Å². The first-order valence-corrected chi connectivity index (χ1v) is 6.24. The lowest BCUT2D eigenvalue weighted by molar-refractivity contribution is -0.136. The summed E-state index contributed by atoms with van der Waals surface area (Å²) in [4.78, 5) is 28.7. The summed E-state index contributed by atoms with van der Waals surface area (Å²) in [6.07, 6.45) is -1.27. The first-order valence-electron chi connectivity index (χ1n) is 6.24. The van der Waals surface area contributed by atoms with Crippen LogP contribution in [0.15, 0.2) is 18.2 Å². The molecular weight excluding hydrogens is 265 g/mol. The fourth-order valence-electron chi connectivity index (χ4n) is 2.26. The van der Waals surface area contributed by atoms with Crippen molar-refractivity contribution in [2.45, 2.75) is 25.1 Å². The van der Waals surface area contributed by atoms with Gasteiger partial charge in [-0.15, -0.1) is 0 Å². The highest BCUT2D eigenvalue weighted by atomic mass is 19.1. The van der Waals surface area contributed by atoms with E-state index in [4.69, 9.17) is 10.5 Å². The fraction of sp³-hybridized carbons (Fsp3) is 0.462. The van der Waals surface area contributed by atoms with E-state index in [2.05, 4.69) is 4.98 Å². The summed E-state index contributed by atoms with van der Waals surface area (Å²) in [5, 5.41) is 0. The predicted molar refractivity (Wildman–Crippen MR) is 68.7 cm³/mol. The van der Waals surface area contributed by atoms with Crippen molar-refractivity contribution in [3.8, 4) is 5.88 Å². The lowest BCUT2D eigenvalue weighted by Crippen LogP contribution is -2.44. The van der Waals surface area contributed by atoms with Crippen molar-refractivity contribution in [1.82, 2.24) is 9.88 Å². The van der Waals surface area contributed by atoms with Crippen LogP contribution in [-0.4, -0.2) is 47.6 Å². The molecule has 108 valence electrons. The van der Waals surface area contributed by atoms with Crippen LogP contribution in [0.4, 0.5) is 4.39 Å². The lowest BCUT2D eigenvalue weighted by Gasteiger charge is -2.21. The Kier molecular flexibility index (Phi) is 4.16. The molecular formula is C13H16FN3O3. The number of nitrogens with zero attached hydrogens (tertiary/aromatic N) is 2. The molecule has 0 aliphatic carbocycles. The average Bonchev–Trinajstić information content (AvgIpc) is 2.81. The summed E-state index contributed by atoms with van der Waals surface area (Å²) in [6, 6.07) is 4.17. The normalized spacial score (nSPS) is 21.8. The Bertz CT molecular complexity index is 523. The summed E-state index contributed by atoms with van der Waals surface area (Å²) in [7, 11) is 1.48. The number of aromatic nitrogens is 1. The number of hydrogen-bond acceptors (Lipinski definition) is 4. The molecule has 1 aromatic rings. The second-order valence-corrected chi connectivity index (χ2v) is 4.65. The number of primary amides is 1. The number of carbonyl (C=O) groups is 2. The molecule has 2 rings (SSSR count). The Balaban J connectivity index is 2.09. The second-order valence-electron chi connectivity index (χ2n) is 4.65. The van der Waals surface area contributed by atoms with Gasteiger partial charge in [0.05, 0.1) is 25.8 Å². The molecule has 6 nitrogen and oxygen atoms in total. The van der Waals surface area contributed by atoms with Crippen LogP contribution in [0.1, 0.15) is 12.1 Å². The van der Waals surface area contributed by atoms with Crippen molar-refractivity contribution in [2.24, 2.45) is 5.73 Å². The number of pyridine rings is 1. The minimum atomic E-state index is -1.21. The van der Waals surface area contributed by atoms with Crippen LogP contribution >= 0.6 is 0 Å². The lowest BCUT2D eigenvalue weighted by atomic mass is 10.2. The maximum Gasteiger partial charge on any atom is 0.240 e. The summed E-state index contributed by atoms with van der Waals surface area (Å²) >= 11 is 0. The van der Waals surface area contributed by atoms with E-state index in [0.717, 1.165) is 0 Å². The van der Waals surface area contributed by atoms with E-state index >= 15 is 0 Å². The molecule has 1 aliphatic rings. The molecule has 1 saturated heterocycles. The molecule has 20 heavy (non-hydrogen) atoms. The maximum atomic E-state index is 13.4. The van der Waals surface area contributed by atoms with Crippen molar-refractivity contribution in [3.63, 3.8) is 0 Å². The van der Waals surface area contributed by atoms with Crippen molar-refractivity contribution >= 4 is 11.8 Å². The van der Waals surface area contributed by atoms with Crippen molar-refractivity contribution in [3.05, 3.63) is 23.9 Å². The molecule has 0 aromatic carbocycles. The Morgan fingerprint density at radius 3 is 2.95 bits per heavy atom. The summed E-state index contributed by atoms with van der Waals surface area (Å²) in [5.74, 6) is -0.654. The van der Waals surface area contributed by atoms with Crippen LogP contribution in [0.2, 0.25) is 0 Å². The van der Waals surface area contributed by atoms with E-state index < -0.39 is 18.1 Å². The van der Waals surface area contributed by atoms with Crippen LogP contribution in [-0.2, 0) is 16.0 Å². The molecule has 2 heterocycles. The topological polar surface area (TPSA) is 85.5 Å². The first kappa shape index (κ1) is 14.2. The number of rotatable bonds is 4. The van der Waals surface area contributed by atoms with E-state index in [0.29, 0.717) is 11.6 Å². The van der Waals surface area contributed by atoms with Gasteiger partial charge in [-0.3, -0.25) is 9.59 Å². The highest BCUT2D eigenvalue weighted by Crippen LogP contribution is 2.21. The molecule has 0 saturated carbocycles. The molecule has 0 bridgehead atoms. The van der Waals surface area contributed by atoms with Gasteiger partial charge in [0.1, 0.15) is 12.2 Å². The third kappa shape index (κ3) is 3.04. The largest absolute Gasteiger partial charge is 0.481 e. The molecule has 2 amide bonds. The van der Waals surface area contributed by atoms with Gasteiger partial charge < -0.3 is 15.4 Å². The monoisotopic (exact) mass is 281 g/mol. The predicted octanol–water partition coefficient (Wildman–Crippen LogP) is 0.0570. The minimum absolute atomic E-state index is 0.0201. The SMILES string of the molecule is COc1cccc(CC(=O)N2C[C@H](F)C[C@H]2C(N)=O)n1. The van der Waals surface area contributed by atoms with Crippen LogP contribution < -0.4 is 10.5 Å². The number of nitrogens with two attached hydrogens (primary N) is 1. The van der Waals surface area contributed by atoms with Crippen LogP contribution in [0.3, 0.4) is 0 Å². The number of halogens is 1. The fourth-order valence-corrected chi connectivity index (χ4v) is 2.26. The van der Waals surface area contributed by atoms with Gasteiger partial charge >= 0.3 is 0 Å². The number of amides is 2. The molecule has 0 unspecified atom stereocenters. The minimum Gasteiger partial charge on any atom is -0.481 e.